The number of benzene rings is 1. The highest BCUT2D eigenvalue weighted by Crippen LogP contribution is 2.48. The molecule has 1 saturated carbocycles. The lowest BCUT2D eigenvalue weighted by atomic mass is 10.00. The van der Waals surface area contributed by atoms with Gasteiger partial charge in [0, 0.05) is 12.5 Å². The molecule has 2 fully saturated rings. The molecule has 3 rings (SSSR count). The molecule has 0 radical (unpaired) electrons. The molecule has 1 unspecified atom stereocenters. The molecule has 1 aromatic rings. The van der Waals surface area contributed by atoms with E-state index in [9.17, 15) is 13.6 Å². The molecule has 4 nitrogen and oxygen atoms in total. The van der Waals surface area contributed by atoms with Crippen LogP contribution in [0.25, 0.3) is 0 Å². The number of carbonyl (C=O) groups excluding carboxylic acids is 1. The van der Waals surface area contributed by atoms with Crippen LogP contribution in [0, 0.1) is 17.6 Å². The Morgan fingerprint density at radius 3 is 2.87 bits per heavy atom. The highest BCUT2D eigenvalue weighted by atomic mass is 19.2. The Balaban J connectivity index is 1.55. The first kappa shape index (κ1) is 16.3. The van der Waals surface area contributed by atoms with Crippen LogP contribution in [0.1, 0.15) is 31.7 Å². The van der Waals surface area contributed by atoms with Crippen molar-refractivity contribution in [2.75, 3.05) is 19.8 Å². The Kier molecular flexibility index (Phi) is 4.38. The van der Waals surface area contributed by atoms with Crippen molar-refractivity contribution in [2.45, 2.75) is 37.9 Å². The molecule has 0 bridgehead atoms. The molecule has 0 spiro atoms. The molecular weight excluding hydrogens is 304 g/mol. The van der Waals surface area contributed by atoms with Crippen LogP contribution in [0.5, 0.6) is 0 Å². The average molecular weight is 325 g/mol. The number of halogens is 2. The van der Waals surface area contributed by atoms with Crippen LogP contribution in [0.15, 0.2) is 18.2 Å². The van der Waals surface area contributed by atoms with Crippen molar-refractivity contribution in [1.82, 2.24) is 5.32 Å². The topological polar surface area (TPSA) is 47.6 Å². The van der Waals surface area contributed by atoms with Gasteiger partial charge in [0.15, 0.2) is 11.6 Å². The lowest BCUT2D eigenvalue weighted by Crippen LogP contribution is -2.52. The minimum Gasteiger partial charge on any atom is -0.371 e. The summed E-state index contributed by atoms with van der Waals surface area (Å²) in [5.41, 5.74) is -0.175. The fraction of sp³-hybridized carbons (Fsp3) is 0.588. The van der Waals surface area contributed by atoms with Crippen LogP contribution in [0.4, 0.5) is 8.78 Å². The lowest BCUT2D eigenvalue weighted by molar-refractivity contribution is -0.184. The Morgan fingerprint density at radius 1 is 1.35 bits per heavy atom. The van der Waals surface area contributed by atoms with Gasteiger partial charge in [-0.1, -0.05) is 12.1 Å². The second kappa shape index (κ2) is 6.17. The van der Waals surface area contributed by atoms with Gasteiger partial charge in [-0.2, -0.15) is 0 Å². The summed E-state index contributed by atoms with van der Waals surface area (Å²) in [5.74, 6) is -2.43. The highest BCUT2D eigenvalue weighted by molar-refractivity contribution is 5.82. The molecular formula is C17H21F2NO3. The van der Waals surface area contributed by atoms with Crippen LogP contribution in [0.3, 0.4) is 0 Å². The van der Waals surface area contributed by atoms with E-state index >= 15 is 0 Å². The maximum Gasteiger partial charge on any atom is 0.223 e. The molecule has 1 aliphatic heterocycles. The summed E-state index contributed by atoms with van der Waals surface area (Å²) in [7, 11) is 0. The summed E-state index contributed by atoms with van der Waals surface area (Å²) in [6.07, 6.45) is 0.320. The van der Waals surface area contributed by atoms with Crippen molar-refractivity contribution in [3.63, 3.8) is 0 Å². The maximum atomic E-state index is 13.8. The number of carbonyl (C=O) groups is 1. The van der Waals surface area contributed by atoms with Gasteiger partial charge in [0.2, 0.25) is 5.91 Å². The van der Waals surface area contributed by atoms with Crippen LogP contribution in [0.2, 0.25) is 0 Å². The Morgan fingerprint density at radius 2 is 2.13 bits per heavy atom. The first-order valence-corrected chi connectivity index (χ1v) is 7.87. The summed E-state index contributed by atoms with van der Waals surface area (Å²) in [6.45, 7) is 5.24. The van der Waals surface area contributed by atoms with Gasteiger partial charge < -0.3 is 14.8 Å². The Labute approximate surface area is 134 Å². The van der Waals surface area contributed by atoms with Gasteiger partial charge in [0.05, 0.1) is 18.8 Å². The van der Waals surface area contributed by atoms with E-state index in [1.807, 2.05) is 13.8 Å². The van der Waals surface area contributed by atoms with E-state index in [1.165, 1.54) is 12.1 Å². The molecule has 1 aliphatic carbocycles. The number of nitrogens with one attached hydrogen (secondary N) is 1. The molecule has 1 aromatic carbocycles. The average Bonchev–Trinajstić information content (AvgIpc) is 3.28. The van der Waals surface area contributed by atoms with Gasteiger partial charge in [-0.15, -0.1) is 0 Å². The summed E-state index contributed by atoms with van der Waals surface area (Å²) >= 11 is 0. The van der Waals surface area contributed by atoms with E-state index in [1.54, 1.807) is 0 Å². The molecule has 0 aromatic heterocycles. The molecule has 2 aliphatic rings. The molecule has 6 heteroatoms. The van der Waals surface area contributed by atoms with Gasteiger partial charge >= 0.3 is 0 Å². The second-order valence-electron chi connectivity index (χ2n) is 6.65. The number of amides is 1. The zero-order chi connectivity index (χ0) is 16.6. The summed E-state index contributed by atoms with van der Waals surface area (Å²) < 4.78 is 38.3. The predicted molar refractivity (Wildman–Crippen MR) is 80.0 cm³/mol. The van der Waals surface area contributed by atoms with Gasteiger partial charge in [-0.3, -0.25) is 4.79 Å². The zero-order valence-corrected chi connectivity index (χ0v) is 13.3. The van der Waals surface area contributed by atoms with E-state index < -0.39 is 17.2 Å². The number of hydrogen-bond acceptors (Lipinski definition) is 3. The third-order valence-electron chi connectivity index (χ3n) is 4.62. The van der Waals surface area contributed by atoms with Crippen molar-refractivity contribution in [1.29, 1.82) is 0 Å². The Hall–Kier alpha value is -1.53. The van der Waals surface area contributed by atoms with Crippen LogP contribution < -0.4 is 5.32 Å². The SMILES string of the molecule is CC1(C)OCCOC1CNC(=O)[C@@H]1C[C@H]1c1cccc(F)c1F. The third kappa shape index (κ3) is 3.38. The van der Waals surface area contributed by atoms with Gasteiger partial charge in [-0.25, -0.2) is 8.78 Å². The van der Waals surface area contributed by atoms with Crippen molar-refractivity contribution in [2.24, 2.45) is 5.92 Å². The number of rotatable bonds is 4. The van der Waals surface area contributed by atoms with Crippen LogP contribution in [-0.2, 0) is 14.3 Å². The first-order chi connectivity index (χ1) is 10.9. The highest BCUT2D eigenvalue weighted by Gasteiger charge is 2.46. The molecule has 23 heavy (non-hydrogen) atoms. The van der Waals surface area contributed by atoms with E-state index in [0.717, 1.165) is 6.07 Å². The normalized spacial score (nSPS) is 29.1. The molecule has 3 atom stereocenters. The number of hydrogen-bond donors (Lipinski definition) is 1. The van der Waals surface area contributed by atoms with Crippen LogP contribution in [-0.4, -0.2) is 37.4 Å². The van der Waals surface area contributed by atoms with Crippen molar-refractivity contribution in [3.8, 4) is 0 Å². The lowest BCUT2D eigenvalue weighted by Gasteiger charge is -2.38. The van der Waals surface area contributed by atoms with Gasteiger partial charge in [0.25, 0.3) is 0 Å². The monoisotopic (exact) mass is 325 g/mol. The third-order valence-corrected chi connectivity index (χ3v) is 4.62. The molecule has 1 N–H and O–H groups in total. The van der Waals surface area contributed by atoms with Crippen LogP contribution >= 0.6 is 0 Å². The quantitative estimate of drug-likeness (QED) is 0.924. The maximum absolute atomic E-state index is 13.8. The molecule has 1 amide bonds. The molecule has 1 saturated heterocycles. The van der Waals surface area contributed by atoms with Gasteiger partial charge in [0.1, 0.15) is 6.10 Å². The zero-order valence-electron chi connectivity index (χ0n) is 13.3. The van der Waals surface area contributed by atoms with Crippen molar-refractivity contribution in [3.05, 3.63) is 35.4 Å². The standard InChI is InChI=1S/C17H21F2NO3/c1-17(2)14(22-6-7-23-17)9-20-16(21)12-8-11(12)10-4-3-5-13(18)15(10)19/h3-5,11-12,14H,6-9H2,1-2H3,(H,20,21)/t11-,12+,14?/m0/s1. The van der Waals surface area contributed by atoms with E-state index in [-0.39, 0.29) is 29.4 Å². The number of ether oxygens (including phenoxy) is 2. The first-order valence-electron chi connectivity index (χ1n) is 7.87. The smallest absolute Gasteiger partial charge is 0.223 e. The van der Waals surface area contributed by atoms with Crippen molar-refractivity contribution >= 4 is 5.91 Å². The minimum absolute atomic E-state index is 0.149. The fourth-order valence-electron chi connectivity index (χ4n) is 3.05. The fourth-order valence-corrected chi connectivity index (χ4v) is 3.05. The summed E-state index contributed by atoms with van der Waals surface area (Å²) in [4.78, 5) is 12.2. The summed E-state index contributed by atoms with van der Waals surface area (Å²) in [6, 6.07) is 4.09. The second-order valence-corrected chi connectivity index (χ2v) is 6.65. The molecule has 1 heterocycles. The predicted octanol–water partition coefficient (Wildman–Crippen LogP) is 2.38. The minimum atomic E-state index is -0.872. The van der Waals surface area contributed by atoms with E-state index in [2.05, 4.69) is 5.32 Å². The van der Waals surface area contributed by atoms with Gasteiger partial charge in [-0.05, 0) is 37.8 Å². The largest absolute Gasteiger partial charge is 0.371 e. The van der Waals surface area contributed by atoms with E-state index in [0.29, 0.717) is 26.2 Å². The van der Waals surface area contributed by atoms with E-state index in [4.69, 9.17) is 9.47 Å². The van der Waals surface area contributed by atoms with Crippen molar-refractivity contribution < 1.29 is 23.0 Å². The molecule has 126 valence electrons. The Bertz CT molecular complexity index is 606. The summed E-state index contributed by atoms with van der Waals surface area (Å²) in [5, 5.41) is 2.84.